The molecule has 2 bridgehead atoms. The second kappa shape index (κ2) is 6.56. The van der Waals surface area contributed by atoms with E-state index in [1.54, 1.807) is 0 Å². The van der Waals surface area contributed by atoms with Crippen LogP contribution in [0.3, 0.4) is 0 Å². The molecule has 2 aromatic heterocycles. The lowest BCUT2D eigenvalue weighted by Crippen LogP contribution is -2.47. The van der Waals surface area contributed by atoms with E-state index < -0.39 is 0 Å². The maximum atomic E-state index is 6.04. The van der Waals surface area contributed by atoms with Gasteiger partial charge >= 0.3 is 0 Å². The molecule has 3 aromatic rings. The molecule has 1 aromatic carbocycles. The van der Waals surface area contributed by atoms with E-state index >= 15 is 0 Å². The van der Waals surface area contributed by atoms with Crippen LogP contribution >= 0.6 is 0 Å². The molecule has 5 heterocycles. The van der Waals surface area contributed by atoms with Crippen LogP contribution in [0.2, 0.25) is 0 Å². The third-order valence-corrected chi connectivity index (χ3v) is 6.64. The molecule has 0 amide bonds. The van der Waals surface area contributed by atoms with Gasteiger partial charge in [0.05, 0.1) is 11.8 Å². The average molecular weight is 388 g/mol. The molecule has 7 heteroatoms. The lowest BCUT2D eigenvalue weighted by atomic mass is 9.96. The Morgan fingerprint density at radius 3 is 2.72 bits per heavy atom. The van der Waals surface area contributed by atoms with Crippen LogP contribution in [0.4, 0.5) is 5.95 Å². The topological polar surface area (TPSA) is 79.0 Å². The van der Waals surface area contributed by atoms with Crippen molar-refractivity contribution in [3.63, 3.8) is 0 Å². The minimum Gasteiger partial charge on any atom is -0.472 e. The van der Waals surface area contributed by atoms with E-state index in [0.29, 0.717) is 30.6 Å². The average Bonchev–Trinajstić information content (AvgIpc) is 3.42. The Morgan fingerprint density at radius 1 is 1.07 bits per heavy atom. The van der Waals surface area contributed by atoms with Crippen LogP contribution in [0.15, 0.2) is 36.8 Å². The summed E-state index contributed by atoms with van der Waals surface area (Å²) in [4.78, 5) is 11.7. The monoisotopic (exact) mass is 388 g/mol. The lowest BCUT2D eigenvalue weighted by Gasteiger charge is -2.35. The summed E-state index contributed by atoms with van der Waals surface area (Å²) in [6, 6.07) is 8.19. The minimum atomic E-state index is 0.486. The zero-order valence-electron chi connectivity index (χ0n) is 16.4. The van der Waals surface area contributed by atoms with E-state index in [-0.39, 0.29) is 0 Å². The normalized spacial score (nSPS) is 24.5. The van der Waals surface area contributed by atoms with Gasteiger partial charge in [0.25, 0.3) is 0 Å². The molecule has 2 N–H and O–H groups in total. The summed E-state index contributed by atoms with van der Waals surface area (Å²) in [5.74, 6) is 1.44. The number of piperidine rings is 1. The largest absolute Gasteiger partial charge is 0.472 e. The van der Waals surface area contributed by atoms with Crippen molar-refractivity contribution in [1.82, 2.24) is 25.5 Å². The van der Waals surface area contributed by atoms with Crippen molar-refractivity contribution < 1.29 is 4.74 Å². The number of benzene rings is 1. The summed E-state index contributed by atoms with van der Waals surface area (Å²) in [7, 11) is 2.12. The van der Waals surface area contributed by atoms with Crippen molar-refractivity contribution in [2.24, 2.45) is 0 Å². The summed E-state index contributed by atoms with van der Waals surface area (Å²) in [5.41, 5.74) is 5.46. The molecule has 2 saturated heterocycles. The van der Waals surface area contributed by atoms with Gasteiger partial charge in [0.15, 0.2) is 0 Å². The van der Waals surface area contributed by atoms with Gasteiger partial charge in [0.2, 0.25) is 11.8 Å². The first-order chi connectivity index (χ1) is 14.2. The number of anilines is 1. The van der Waals surface area contributed by atoms with E-state index in [9.17, 15) is 0 Å². The fraction of sp³-hybridized carbons (Fsp3) is 0.409. The van der Waals surface area contributed by atoms with Crippen molar-refractivity contribution in [1.29, 1.82) is 0 Å². The van der Waals surface area contributed by atoms with Crippen LogP contribution in [0, 0.1) is 0 Å². The molecule has 3 aliphatic rings. The predicted molar refractivity (Wildman–Crippen MR) is 111 cm³/mol. The molecule has 2 unspecified atom stereocenters. The first-order valence-corrected chi connectivity index (χ1v) is 10.4. The molecule has 6 rings (SSSR count). The number of aromatic amines is 1. The van der Waals surface area contributed by atoms with Gasteiger partial charge in [-0.1, -0.05) is 12.1 Å². The van der Waals surface area contributed by atoms with Crippen LogP contribution in [-0.4, -0.2) is 45.3 Å². The van der Waals surface area contributed by atoms with Gasteiger partial charge < -0.3 is 15.0 Å². The third kappa shape index (κ3) is 2.88. The van der Waals surface area contributed by atoms with Gasteiger partial charge in [0.1, 0.15) is 6.61 Å². The number of H-pyrrole nitrogens is 1. The molecule has 148 valence electrons. The quantitative estimate of drug-likeness (QED) is 0.718. The van der Waals surface area contributed by atoms with Crippen molar-refractivity contribution in [2.45, 2.75) is 50.4 Å². The summed E-state index contributed by atoms with van der Waals surface area (Å²) in [6.07, 6.45) is 10.6. The standard InChI is InChI=1S/C22H24N6O/c1-28(18-7-16-3-4-17(8-18)26-16)22-23-11-20-19-5-2-13(15-9-24-25-10-15)6-14(19)12-29-21(20)27-22/h2,5-6,9-11,16-18,26H,3-4,7-8,12H2,1H3,(H,24,25). The SMILES string of the molecule is CN(c1ncc2c(n1)OCc1cc(-c3cn[nH]c3)ccc1-2)C1CC2CCC(C1)N2. The zero-order valence-corrected chi connectivity index (χ0v) is 16.4. The fourth-order valence-corrected chi connectivity index (χ4v) is 5.04. The summed E-state index contributed by atoms with van der Waals surface area (Å²) < 4.78 is 6.04. The van der Waals surface area contributed by atoms with Crippen LogP contribution in [0.5, 0.6) is 5.88 Å². The van der Waals surface area contributed by atoms with Gasteiger partial charge in [-0.05, 0) is 48.4 Å². The molecular weight excluding hydrogens is 364 g/mol. The molecule has 0 saturated carbocycles. The number of fused-ring (bicyclic) bond motifs is 5. The van der Waals surface area contributed by atoms with E-state index in [0.717, 1.165) is 46.6 Å². The third-order valence-electron chi connectivity index (χ3n) is 6.64. The van der Waals surface area contributed by atoms with Gasteiger partial charge in [0, 0.05) is 43.1 Å². The van der Waals surface area contributed by atoms with Crippen LogP contribution < -0.4 is 15.0 Å². The highest BCUT2D eigenvalue weighted by Gasteiger charge is 2.36. The van der Waals surface area contributed by atoms with E-state index in [4.69, 9.17) is 14.7 Å². The Balaban J connectivity index is 1.29. The number of rotatable bonds is 3. The van der Waals surface area contributed by atoms with Crippen molar-refractivity contribution in [3.8, 4) is 28.1 Å². The Morgan fingerprint density at radius 2 is 1.93 bits per heavy atom. The first-order valence-electron chi connectivity index (χ1n) is 10.4. The summed E-state index contributed by atoms with van der Waals surface area (Å²) >= 11 is 0. The summed E-state index contributed by atoms with van der Waals surface area (Å²) in [5, 5.41) is 10.6. The smallest absolute Gasteiger partial charge is 0.228 e. The van der Waals surface area contributed by atoms with Crippen molar-refractivity contribution in [3.05, 3.63) is 42.4 Å². The van der Waals surface area contributed by atoms with Crippen LogP contribution in [-0.2, 0) is 6.61 Å². The maximum Gasteiger partial charge on any atom is 0.228 e. The molecule has 3 aliphatic heterocycles. The number of aromatic nitrogens is 4. The Bertz CT molecular complexity index is 1040. The fourth-order valence-electron chi connectivity index (χ4n) is 5.04. The number of hydrogen-bond acceptors (Lipinski definition) is 6. The molecular formula is C22H24N6O. The molecule has 2 fully saturated rings. The molecule has 7 nitrogen and oxygen atoms in total. The zero-order chi connectivity index (χ0) is 19.4. The highest BCUT2D eigenvalue weighted by Crippen LogP contribution is 2.39. The van der Waals surface area contributed by atoms with Crippen LogP contribution in [0.1, 0.15) is 31.2 Å². The Hall–Kier alpha value is -2.93. The number of hydrogen-bond donors (Lipinski definition) is 2. The molecule has 0 aliphatic carbocycles. The van der Waals surface area contributed by atoms with Gasteiger partial charge in [-0.2, -0.15) is 10.1 Å². The molecule has 0 spiro atoms. The Kier molecular flexibility index (Phi) is 3.84. The lowest BCUT2D eigenvalue weighted by molar-refractivity contribution is 0.289. The van der Waals surface area contributed by atoms with Crippen molar-refractivity contribution in [2.75, 3.05) is 11.9 Å². The van der Waals surface area contributed by atoms with Crippen LogP contribution in [0.25, 0.3) is 22.3 Å². The van der Waals surface area contributed by atoms with E-state index in [1.807, 2.05) is 18.6 Å². The first kappa shape index (κ1) is 17.0. The molecule has 29 heavy (non-hydrogen) atoms. The van der Waals surface area contributed by atoms with E-state index in [1.165, 1.54) is 12.8 Å². The number of nitrogens with one attached hydrogen (secondary N) is 2. The van der Waals surface area contributed by atoms with Gasteiger partial charge in [-0.3, -0.25) is 5.10 Å². The Labute approximate surface area is 169 Å². The predicted octanol–water partition coefficient (Wildman–Crippen LogP) is 3.15. The summed E-state index contributed by atoms with van der Waals surface area (Å²) in [6.45, 7) is 0.520. The van der Waals surface area contributed by atoms with E-state index in [2.05, 4.69) is 45.7 Å². The minimum absolute atomic E-state index is 0.486. The molecule has 2 atom stereocenters. The number of nitrogens with zero attached hydrogens (tertiary/aromatic N) is 4. The van der Waals surface area contributed by atoms with Gasteiger partial charge in [-0.15, -0.1) is 0 Å². The van der Waals surface area contributed by atoms with Gasteiger partial charge in [-0.25, -0.2) is 4.98 Å². The molecule has 0 radical (unpaired) electrons. The second-order valence-corrected chi connectivity index (χ2v) is 8.41. The second-order valence-electron chi connectivity index (χ2n) is 8.41. The maximum absolute atomic E-state index is 6.04. The van der Waals surface area contributed by atoms with Crippen molar-refractivity contribution >= 4 is 5.95 Å². The number of ether oxygens (including phenoxy) is 1. The highest BCUT2D eigenvalue weighted by atomic mass is 16.5. The highest BCUT2D eigenvalue weighted by molar-refractivity contribution is 5.77.